The average molecular weight is 124 g/mol. The molecular weight excluding hydrogens is 124 g/mol. The summed E-state index contributed by atoms with van der Waals surface area (Å²) in [5.74, 6) is 0. The van der Waals surface area contributed by atoms with Crippen molar-refractivity contribution in [2.24, 2.45) is 0 Å². The van der Waals surface area contributed by atoms with Crippen LogP contribution in [-0.4, -0.2) is 23.1 Å². The van der Waals surface area contributed by atoms with E-state index in [1.54, 1.807) is 0 Å². The Labute approximate surface area is 52.3 Å². The molecule has 0 aliphatic heterocycles. The molecule has 32 valence electrons. The van der Waals surface area contributed by atoms with Crippen molar-refractivity contribution in [1.82, 2.24) is 0 Å². The molecule has 0 aromatic heterocycles. The second-order valence-corrected chi connectivity index (χ2v) is 1.13. The summed E-state index contributed by atoms with van der Waals surface area (Å²) < 4.78 is 34.0. The van der Waals surface area contributed by atoms with Gasteiger partial charge in [0.25, 0.3) is 0 Å². The maximum absolute atomic E-state index is 8.49. The average Bonchev–Trinajstić information content (AvgIpc) is 0.722. The fourth-order valence-electron chi connectivity index (χ4n) is 0. The maximum Gasteiger partial charge on any atom is 2.00 e. The van der Waals surface area contributed by atoms with Crippen LogP contribution in [0.3, 0.4) is 0 Å². The molecule has 0 spiro atoms. The molecule has 0 aromatic carbocycles. The molecule has 0 saturated carbocycles. The molecule has 0 aromatic rings. The van der Waals surface area contributed by atoms with E-state index in [4.69, 9.17) is 18.6 Å². The monoisotopic (exact) mass is 123 g/mol. The third-order valence-electron chi connectivity index (χ3n) is 0. The predicted octanol–water partition coefficient (Wildman–Crippen LogP) is -5.14. The molecule has 0 atom stereocenters. The van der Waals surface area contributed by atoms with Crippen molar-refractivity contribution >= 4 is 23.1 Å². The van der Waals surface area contributed by atoms with E-state index in [-0.39, 0.29) is 23.1 Å². The zero-order valence-electron chi connectivity index (χ0n) is 2.72. The quantitative estimate of drug-likeness (QED) is 0.301. The largest absolute Gasteiger partial charge is 2.00 e. The van der Waals surface area contributed by atoms with Crippen molar-refractivity contribution < 1.29 is 28.9 Å². The Morgan fingerprint density at radius 2 is 0.833 bits per heavy atom. The van der Waals surface area contributed by atoms with Gasteiger partial charge in [-0.3, -0.25) is 0 Å². The van der Waals surface area contributed by atoms with Gasteiger partial charge < -0.3 is 0 Å². The normalized spacial score (nSPS) is 10.0. The van der Waals surface area contributed by atoms with Crippen LogP contribution in [0.1, 0.15) is 0 Å². The summed E-state index contributed by atoms with van der Waals surface area (Å²) in [5, 5.41) is 0. The van der Waals surface area contributed by atoms with Gasteiger partial charge in [0.1, 0.15) is 0 Å². The summed E-state index contributed by atoms with van der Waals surface area (Å²) in [5.41, 5.74) is 0. The van der Waals surface area contributed by atoms with Gasteiger partial charge in [0.05, 0.1) is 0 Å². The van der Waals surface area contributed by atoms with E-state index in [2.05, 4.69) is 0 Å². The molecule has 0 heterocycles. The third-order valence-corrected chi connectivity index (χ3v) is 0. The molecule has 6 heavy (non-hydrogen) atoms. The van der Waals surface area contributed by atoms with Crippen molar-refractivity contribution in [3.63, 3.8) is 0 Å². The van der Waals surface area contributed by atoms with Crippen LogP contribution in [0.15, 0.2) is 0 Å². The van der Waals surface area contributed by atoms with E-state index in [9.17, 15) is 0 Å². The van der Waals surface area contributed by atoms with Gasteiger partial charge in [0.15, 0.2) is 0 Å². The van der Waals surface area contributed by atoms with Crippen LogP contribution in [0.4, 0.5) is 0 Å². The van der Waals surface area contributed by atoms with Crippen LogP contribution in [0, 0.1) is 10.2 Å². The minimum Gasteiger partial charge on any atom is -0.222 e. The summed E-state index contributed by atoms with van der Waals surface area (Å²) in [7, 11) is -4.94. The first-order valence-corrected chi connectivity index (χ1v) is 1.85. The van der Waals surface area contributed by atoms with Crippen LogP contribution in [-0.2, 0) is 0 Å². The minimum absolute atomic E-state index is 0. The van der Waals surface area contributed by atoms with Gasteiger partial charge in [0.2, 0.25) is 0 Å². The van der Waals surface area contributed by atoms with E-state index in [1.807, 2.05) is 0 Å². The summed E-state index contributed by atoms with van der Waals surface area (Å²) in [6, 6.07) is 0. The molecule has 4 nitrogen and oxygen atoms in total. The minimum atomic E-state index is -4.94. The molecule has 0 fully saturated rings. The molecular formula is ClMgO4+. The van der Waals surface area contributed by atoms with E-state index < -0.39 is 10.2 Å². The molecule has 0 bridgehead atoms. The Morgan fingerprint density at radius 1 is 0.833 bits per heavy atom. The zero-order chi connectivity index (χ0) is 4.50. The molecule has 0 rings (SSSR count). The number of hydrogen-bond acceptors (Lipinski definition) is 4. The predicted molar refractivity (Wildman–Crippen MR) is 5.75 cm³/mol. The smallest absolute Gasteiger partial charge is 0.222 e. The van der Waals surface area contributed by atoms with Crippen LogP contribution >= 0.6 is 0 Å². The Kier molecular flexibility index (Phi) is 4.95. The first-order chi connectivity index (χ1) is 2.00. The van der Waals surface area contributed by atoms with Crippen LogP contribution < -0.4 is 18.6 Å². The number of hydrogen-bond donors (Lipinski definition) is 0. The fourth-order valence-corrected chi connectivity index (χ4v) is 0. The Morgan fingerprint density at radius 3 is 0.833 bits per heavy atom. The molecule has 0 aliphatic carbocycles. The molecule has 0 aliphatic rings. The van der Waals surface area contributed by atoms with Gasteiger partial charge in [-0.1, -0.05) is 0 Å². The Balaban J connectivity index is 0. The molecule has 0 amide bonds. The van der Waals surface area contributed by atoms with Gasteiger partial charge >= 0.3 is 23.1 Å². The fraction of sp³-hybridized carbons (Fsp3) is 0. The Hall–Kier alpha value is 0.896. The van der Waals surface area contributed by atoms with E-state index in [0.717, 1.165) is 0 Å². The van der Waals surface area contributed by atoms with Crippen LogP contribution in [0.2, 0.25) is 0 Å². The third kappa shape index (κ3) is 92.5. The zero-order valence-corrected chi connectivity index (χ0v) is 4.89. The summed E-state index contributed by atoms with van der Waals surface area (Å²) in [6.45, 7) is 0. The van der Waals surface area contributed by atoms with Gasteiger partial charge in [-0.15, -0.1) is 10.2 Å². The molecule has 0 radical (unpaired) electrons. The van der Waals surface area contributed by atoms with Crippen molar-refractivity contribution in [3.8, 4) is 0 Å². The Bertz CT molecular complexity index is 23.0. The molecule has 0 saturated heterocycles. The number of rotatable bonds is 0. The van der Waals surface area contributed by atoms with Crippen molar-refractivity contribution in [2.75, 3.05) is 0 Å². The van der Waals surface area contributed by atoms with Gasteiger partial charge in [0, 0.05) is 0 Å². The second-order valence-electron chi connectivity index (χ2n) is 0.378. The van der Waals surface area contributed by atoms with E-state index in [1.165, 1.54) is 0 Å². The topological polar surface area (TPSA) is 92.2 Å². The second kappa shape index (κ2) is 2.97. The van der Waals surface area contributed by atoms with Crippen molar-refractivity contribution in [3.05, 3.63) is 0 Å². The van der Waals surface area contributed by atoms with Gasteiger partial charge in [-0.05, 0) is 0 Å². The van der Waals surface area contributed by atoms with Crippen LogP contribution in [0.5, 0.6) is 0 Å². The summed E-state index contributed by atoms with van der Waals surface area (Å²) in [6.07, 6.45) is 0. The summed E-state index contributed by atoms with van der Waals surface area (Å²) >= 11 is 0. The number of halogens is 1. The van der Waals surface area contributed by atoms with Crippen molar-refractivity contribution in [2.45, 2.75) is 0 Å². The maximum atomic E-state index is 8.49. The molecule has 6 heteroatoms. The standard InChI is InChI=1S/ClHO4.Mg/c2-1(3,4)5;/h(H,2,3,4,5);/q;+2/p-1. The first-order valence-electron chi connectivity index (χ1n) is 0.617. The SMILES string of the molecule is [Mg+2].[O-][Cl+3]([O-])([O-])[O-]. The van der Waals surface area contributed by atoms with Gasteiger partial charge in [-0.2, -0.15) is 0 Å². The van der Waals surface area contributed by atoms with Crippen molar-refractivity contribution in [1.29, 1.82) is 0 Å². The van der Waals surface area contributed by atoms with E-state index >= 15 is 0 Å². The molecule has 0 N–H and O–H groups in total. The first kappa shape index (κ1) is 10.0. The van der Waals surface area contributed by atoms with Crippen LogP contribution in [0.25, 0.3) is 0 Å². The van der Waals surface area contributed by atoms with E-state index in [0.29, 0.717) is 0 Å². The molecule has 0 unspecified atom stereocenters. The summed E-state index contributed by atoms with van der Waals surface area (Å²) in [4.78, 5) is 0. The van der Waals surface area contributed by atoms with Gasteiger partial charge in [-0.25, -0.2) is 18.6 Å².